The van der Waals surface area contributed by atoms with Gasteiger partial charge in [0.05, 0.1) is 21.2 Å². The molecule has 2 heterocycles. The van der Waals surface area contributed by atoms with Gasteiger partial charge >= 0.3 is 0 Å². The first-order chi connectivity index (χ1) is 9.15. The van der Waals surface area contributed by atoms with Gasteiger partial charge in [-0.15, -0.1) is 0 Å². The topological polar surface area (TPSA) is 38.1 Å². The van der Waals surface area contributed by atoms with Crippen molar-refractivity contribution in [1.29, 1.82) is 0 Å². The summed E-state index contributed by atoms with van der Waals surface area (Å²) in [6.07, 6.45) is 4.88. The Labute approximate surface area is 130 Å². The summed E-state index contributed by atoms with van der Waals surface area (Å²) in [6, 6.07) is 5.00. The average Bonchev–Trinajstić information content (AvgIpc) is 2.78. The lowest BCUT2D eigenvalue weighted by Gasteiger charge is -2.05. The summed E-state index contributed by atoms with van der Waals surface area (Å²) in [5.74, 6) is -0.302. The third-order valence-corrected chi connectivity index (χ3v) is 3.87. The number of nitrogens with one attached hydrogen (secondary N) is 1. The number of rotatable bonds is 2. The second-order valence-electron chi connectivity index (χ2n) is 3.90. The minimum Gasteiger partial charge on any atom is -0.461 e. The van der Waals surface area contributed by atoms with E-state index in [1.165, 1.54) is 6.07 Å². The zero-order valence-corrected chi connectivity index (χ0v) is 13.2. The van der Waals surface area contributed by atoms with Crippen LogP contribution in [0.15, 0.2) is 45.7 Å². The van der Waals surface area contributed by atoms with Crippen molar-refractivity contribution >= 4 is 60.9 Å². The summed E-state index contributed by atoms with van der Waals surface area (Å²) in [6.45, 7) is 0. The number of halogens is 3. The van der Waals surface area contributed by atoms with Crippen LogP contribution in [0, 0.1) is 9.39 Å². The lowest BCUT2D eigenvalue weighted by atomic mass is 10.2. The van der Waals surface area contributed by atoms with E-state index in [1.54, 1.807) is 24.7 Å². The normalized spacial score (nSPS) is 10.9. The van der Waals surface area contributed by atoms with Gasteiger partial charge in [0.15, 0.2) is 5.58 Å². The summed E-state index contributed by atoms with van der Waals surface area (Å²) >= 11 is 5.43. The van der Waals surface area contributed by atoms with Crippen molar-refractivity contribution < 1.29 is 8.81 Å². The Morgan fingerprint density at radius 1 is 1.26 bits per heavy atom. The first-order valence-corrected chi connectivity index (χ1v) is 7.25. The molecule has 0 saturated heterocycles. The Bertz CT molecular complexity index is 759. The van der Waals surface area contributed by atoms with Crippen molar-refractivity contribution in [2.75, 3.05) is 5.32 Å². The monoisotopic (exact) mass is 432 g/mol. The zero-order valence-electron chi connectivity index (χ0n) is 9.45. The molecule has 0 atom stereocenters. The van der Waals surface area contributed by atoms with Gasteiger partial charge in [-0.05, 0) is 56.7 Å². The van der Waals surface area contributed by atoms with Gasteiger partial charge in [-0.1, -0.05) is 0 Å². The fourth-order valence-corrected chi connectivity index (χ4v) is 2.63. The first kappa shape index (κ1) is 12.9. The molecule has 0 unspecified atom stereocenters. The van der Waals surface area contributed by atoms with E-state index in [4.69, 9.17) is 4.42 Å². The molecule has 0 amide bonds. The van der Waals surface area contributed by atoms with Gasteiger partial charge in [-0.3, -0.25) is 4.98 Å². The Hall–Kier alpha value is -1.15. The molecule has 19 heavy (non-hydrogen) atoms. The van der Waals surface area contributed by atoms with E-state index in [9.17, 15) is 4.39 Å². The number of hydrogen-bond donors (Lipinski definition) is 1. The van der Waals surface area contributed by atoms with E-state index in [1.807, 2.05) is 6.07 Å². The maximum Gasteiger partial charge on any atom is 0.153 e. The van der Waals surface area contributed by atoms with Crippen molar-refractivity contribution in [3.63, 3.8) is 0 Å². The van der Waals surface area contributed by atoms with Gasteiger partial charge in [0, 0.05) is 16.0 Å². The molecule has 0 aliphatic heterocycles. The Morgan fingerprint density at radius 3 is 2.89 bits per heavy atom. The van der Waals surface area contributed by atoms with E-state index in [0.717, 1.165) is 13.4 Å². The van der Waals surface area contributed by atoms with Crippen molar-refractivity contribution in [3.05, 3.63) is 50.7 Å². The summed E-state index contributed by atoms with van der Waals surface area (Å²) in [7, 11) is 0. The van der Waals surface area contributed by atoms with E-state index >= 15 is 0 Å². The van der Waals surface area contributed by atoms with E-state index in [0.29, 0.717) is 17.0 Å². The maximum atomic E-state index is 13.8. The predicted octanol–water partition coefficient (Wildman–Crippen LogP) is 5.08. The van der Waals surface area contributed by atoms with Gasteiger partial charge in [0.1, 0.15) is 12.1 Å². The van der Waals surface area contributed by atoms with Crippen molar-refractivity contribution in [2.24, 2.45) is 0 Å². The highest BCUT2D eigenvalue weighted by Crippen LogP contribution is 2.32. The summed E-state index contributed by atoms with van der Waals surface area (Å²) in [5, 5.41) is 3.82. The van der Waals surface area contributed by atoms with E-state index < -0.39 is 0 Å². The third kappa shape index (κ3) is 2.46. The lowest BCUT2D eigenvalue weighted by Crippen LogP contribution is -1.93. The van der Waals surface area contributed by atoms with Crippen LogP contribution in [0.3, 0.4) is 0 Å². The molecule has 6 heteroatoms. The minimum absolute atomic E-state index is 0.302. The average molecular weight is 433 g/mol. The minimum atomic E-state index is -0.302. The third-order valence-electron chi connectivity index (χ3n) is 2.64. The van der Waals surface area contributed by atoms with Crippen LogP contribution in [0.4, 0.5) is 15.8 Å². The van der Waals surface area contributed by atoms with Crippen LogP contribution in [0.2, 0.25) is 0 Å². The fraction of sp³-hybridized carbons (Fsp3) is 0. The van der Waals surface area contributed by atoms with Gasteiger partial charge in [-0.2, -0.15) is 0 Å². The quantitative estimate of drug-likeness (QED) is 0.574. The Kier molecular flexibility index (Phi) is 3.44. The molecule has 3 nitrogen and oxygen atoms in total. The van der Waals surface area contributed by atoms with E-state index in [2.05, 4.69) is 48.8 Å². The molecule has 0 aliphatic carbocycles. The van der Waals surface area contributed by atoms with Gasteiger partial charge in [0.2, 0.25) is 0 Å². The Morgan fingerprint density at radius 2 is 2.11 bits per heavy atom. The molecule has 0 spiro atoms. The highest BCUT2D eigenvalue weighted by Gasteiger charge is 2.11. The van der Waals surface area contributed by atoms with Crippen molar-refractivity contribution in [3.8, 4) is 0 Å². The standard InChI is InChI=1S/C13H7BrFIN2O/c14-9-5-17-4-8-12(6-19-13(8)9)18-11-2-1-7(16)3-10(11)15/h1-6,18H. The van der Waals surface area contributed by atoms with Gasteiger partial charge < -0.3 is 9.73 Å². The van der Waals surface area contributed by atoms with Crippen LogP contribution in [0.5, 0.6) is 0 Å². The van der Waals surface area contributed by atoms with Crippen molar-refractivity contribution in [2.45, 2.75) is 0 Å². The highest BCUT2D eigenvalue weighted by atomic mass is 127. The summed E-state index contributed by atoms with van der Waals surface area (Å²) < 4.78 is 20.9. The number of aromatic nitrogens is 1. The molecule has 3 rings (SSSR count). The second-order valence-corrected chi connectivity index (χ2v) is 6.00. The second kappa shape index (κ2) is 5.09. The molecule has 0 saturated carbocycles. The molecule has 0 bridgehead atoms. The first-order valence-electron chi connectivity index (χ1n) is 5.38. The van der Waals surface area contributed by atoms with Crippen molar-refractivity contribution in [1.82, 2.24) is 4.98 Å². The van der Waals surface area contributed by atoms with Crippen LogP contribution >= 0.6 is 38.5 Å². The summed E-state index contributed by atoms with van der Waals surface area (Å²) in [4.78, 5) is 4.08. The molecular formula is C13H7BrFIN2O. The largest absolute Gasteiger partial charge is 0.461 e. The molecule has 2 aromatic heterocycles. The van der Waals surface area contributed by atoms with E-state index in [-0.39, 0.29) is 5.82 Å². The summed E-state index contributed by atoms with van der Waals surface area (Å²) in [5.41, 5.74) is 1.77. The number of furan rings is 1. The molecule has 1 N–H and O–H groups in total. The molecule has 0 aliphatic rings. The van der Waals surface area contributed by atoms with Crippen LogP contribution < -0.4 is 5.32 Å². The van der Waals surface area contributed by atoms with Crippen LogP contribution in [-0.2, 0) is 0 Å². The Balaban J connectivity index is 2.04. The molecular weight excluding hydrogens is 426 g/mol. The predicted molar refractivity (Wildman–Crippen MR) is 84.1 cm³/mol. The van der Waals surface area contributed by atoms with Gasteiger partial charge in [-0.25, -0.2) is 4.39 Å². The van der Waals surface area contributed by atoms with Gasteiger partial charge in [0.25, 0.3) is 0 Å². The number of benzene rings is 1. The van der Waals surface area contributed by atoms with Crippen LogP contribution in [-0.4, -0.2) is 4.98 Å². The zero-order chi connectivity index (χ0) is 13.4. The van der Waals surface area contributed by atoms with Crippen LogP contribution in [0.1, 0.15) is 0 Å². The number of nitrogens with zero attached hydrogens (tertiary/aromatic N) is 1. The number of hydrogen-bond acceptors (Lipinski definition) is 3. The highest BCUT2D eigenvalue weighted by molar-refractivity contribution is 14.1. The smallest absolute Gasteiger partial charge is 0.153 e. The number of pyridine rings is 1. The molecule has 1 aromatic carbocycles. The maximum absolute atomic E-state index is 13.8. The molecule has 0 radical (unpaired) electrons. The fourth-order valence-electron chi connectivity index (χ4n) is 1.75. The SMILES string of the molecule is Fc1cc(I)ccc1Nc1coc2c(Br)cncc12. The molecule has 3 aromatic rings. The molecule has 0 fully saturated rings. The van der Waals surface area contributed by atoms with Crippen LogP contribution in [0.25, 0.3) is 11.0 Å². The lowest BCUT2D eigenvalue weighted by molar-refractivity contribution is 0.614. The molecule has 96 valence electrons. The number of anilines is 2. The number of fused-ring (bicyclic) bond motifs is 1.